The molecule has 0 fully saturated rings. The van der Waals surface area contributed by atoms with Crippen LogP contribution in [-0.2, 0) is 0 Å². The van der Waals surface area contributed by atoms with E-state index in [0.717, 1.165) is 15.1 Å². The second kappa shape index (κ2) is 5.87. The van der Waals surface area contributed by atoms with E-state index in [9.17, 15) is 0 Å². The number of halogens is 2. The summed E-state index contributed by atoms with van der Waals surface area (Å²) in [6.45, 7) is 2.06. The largest absolute Gasteiger partial charge is 0.309 e. The van der Waals surface area contributed by atoms with Gasteiger partial charge in [-0.2, -0.15) is 0 Å². The fourth-order valence-electron chi connectivity index (χ4n) is 2.09. The fourth-order valence-corrected chi connectivity index (χ4v) is 2.54. The summed E-state index contributed by atoms with van der Waals surface area (Å²) in [5.74, 6) is 0. The van der Waals surface area contributed by atoms with Gasteiger partial charge in [0.1, 0.15) is 0 Å². The Morgan fingerprint density at radius 2 is 1.78 bits per heavy atom. The average Bonchev–Trinajstić information content (AvgIpc) is 2.37. The summed E-state index contributed by atoms with van der Waals surface area (Å²) in [4.78, 5) is 0. The molecule has 94 valence electrons. The first-order valence-electron chi connectivity index (χ1n) is 5.81. The molecule has 0 aromatic heterocycles. The van der Waals surface area contributed by atoms with Gasteiger partial charge in [-0.25, -0.2) is 0 Å². The average molecular weight is 325 g/mol. The number of hydrogen-bond donors (Lipinski definition) is 1. The molecule has 1 nitrogen and oxygen atoms in total. The Bertz CT molecular complexity index is 537. The molecule has 0 radical (unpaired) electrons. The molecule has 0 saturated heterocycles. The lowest BCUT2D eigenvalue weighted by Gasteiger charge is -2.20. The van der Waals surface area contributed by atoms with Crippen LogP contribution in [0.15, 0.2) is 46.9 Å². The molecule has 0 aliphatic rings. The van der Waals surface area contributed by atoms with Gasteiger partial charge < -0.3 is 5.32 Å². The highest BCUT2D eigenvalue weighted by Gasteiger charge is 2.15. The highest BCUT2D eigenvalue weighted by Crippen LogP contribution is 2.29. The van der Waals surface area contributed by atoms with Crippen molar-refractivity contribution in [1.82, 2.24) is 5.32 Å². The summed E-state index contributed by atoms with van der Waals surface area (Å²) in [5, 5.41) is 4.16. The van der Waals surface area contributed by atoms with Crippen molar-refractivity contribution in [3.63, 3.8) is 0 Å². The molecule has 0 amide bonds. The molecule has 1 unspecified atom stereocenters. The monoisotopic (exact) mass is 323 g/mol. The summed E-state index contributed by atoms with van der Waals surface area (Å²) in [5.41, 5.74) is 3.57. The maximum Gasteiger partial charge on any atom is 0.0577 e. The normalized spacial score (nSPS) is 12.4. The first-order valence-corrected chi connectivity index (χ1v) is 6.98. The van der Waals surface area contributed by atoms with Crippen molar-refractivity contribution in [2.24, 2.45) is 0 Å². The number of rotatable bonds is 3. The van der Waals surface area contributed by atoms with E-state index in [1.54, 1.807) is 0 Å². The molecule has 0 bridgehead atoms. The molecular weight excluding hydrogens is 310 g/mol. The zero-order valence-corrected chi connectivity index (χ0v) is 12.7. The van der Waals surface area contributed by atoms with Crippen LogP contribution in [0.5, 0.6) is 0 Å². The predicted molar refractivity (Wildman–Crippen MR) is 81.2 cm³/mol. The lowest BCUT2D eigenvalue weighted by atomic mass is 9.95. The van der Waals surface area contributed by atoms with E-state index < -0.39 is 0 Å². The first-order chi connectivity index (χ1) is 8.63. The summed E-state index contributed by atoms with van der Waals surface area (Å²) in [6, 6.07) is 14.5. The number of benzene rings is 2. The molecule has 0 spiro atoms. The highest BCUT2D eigenvalue weighted by molar-refractivity contribution is 9.10. The van der Waals surface area contributed by atoms with Gasteiger partial charge in [-0.15, -0.1) is 0 Å². The quantitative estimate of drug-likeness (QED) is 0.861. The summed E-state index contributed by atoms with van der Waals surface area (Å²) >= 11 is 9.65. The van der Waals surface area contributed by atoms with Gasteiger partial charge in [-0.3, -0.25) is 0 Å². The van der Waals surface area contributed by atoms with Crippen LogP contribution in [0.4, 0.5) is 0 Å². The van der Waals surface area contributed by atoms with E-state index in [1.807, 2.05) is 19.2 Å². The van der Waals surface area contributed by atoms with Gasteiger partial charge in [0, 0.05) is 9.50 Å². The van der Waals surface area contributed by atoms with Crippen LogP contribution in [0, 0.1) is 6.92 Å². The lowest BCUT2D eigenvalue weighted by Crippen LogP contribution is -2.18. The molecule has 1 N–H and O–H groups in total. The molecule has 1 atom stereocenters. The van der Waals surface area contributed by atoms with Crippen LogP contribution in [0.3, 0.4) is 0 Å². The maximum absolute atomic E-state index is 6.19. The van der Waals surface area contributed by atoms with E-state index in [4.69, 9.17) is 11.6 Å². The van der Waals surface area contributed by atoms with Crippen molar-refractivity contribution in [3.05, 3.63) is 68.7 Å². The summed E-state index contributed by atoms with van der Waals surface area (Å²) in [7, 11) is 1.97. The molecule has 2 rings (SSSR count). The van der Waals surface area contributed by atoms with Crippen molar-refractivity contribution in [2.45, 2.75) is 13.0 Å². The minimum Gasteiger partial charge on any atom is -0.309 e. The van der Waals surface area contributed by atoms with E-state index in [1.165, 1.54) is 11.1 Å². The topological polar surface area (TPSA) is 12.0 Å². The van der Waals surface area contributed by atoms with Crippen molar-refractivity contribution in [3.8, 4) is 0 Å². The second-order valence-corrected chi connectivity index (χ2v) is 5.55. The van der Waals surface area contributed by atoms with Gasteiger partial charge in [-0.1, -0.05) is 51.8 Å². The fraction of sp³-hybridized carbons (Fsp3) is 0.200. The Hall–Kier alpha value is -0.830. The van der Waals surface area contributed by atoms with Crippen LogP contribution in [0.1, 0.15) is 22.7 Å². The smallest absolute Gasteiger partial charge is 0.0577 e. The SMILES string of the molecule is CNC(c1ccc(Br)cc1)c1cccc(Cl)c1C. The van der Waals surface area contributed by atoms with Gasteiger partial charge in [0.05, 0.1) is 6.04 Å². The van der Waals surface area contributed by atoms with E-state index in [-0.39, 0.29) is 6.04 Å². The van der Waals surface area contributed by atoms with Crippen LogP contribution >= 0.6 is 27.5 Å². The first kappa shape index (κ1) is 13.6. The van der Waals surface area contributed by atoms with E-state index in [0.29, 0.717) is 0 Å². The highest BCUT2D eigenvalue weighted by atomic mass is 79.9. The molecule has 0 saturated carbocycles. The van der Waals surface area contributed by atoms with Crippen molar-refractivity contribution < 1.29 is 0 Å². The third-order valence-corrected chi connectivity index (χ3v) is 4.05. The van der Waals surface area contributed by atoms with Crippen molar-refractivity contribution in [2.75, 3.05) is 7.05 Å². The molecule has 0 aliphatic heterocycles. The van der Waals surface area contributed by atoms with E-state index >= 15 is 0 Å². The lowest BCUT2D eigenvalue weighted by molar-refractivity contribution is 0.687. The van der Waals surface area contributed by atoms with Crippen LogP contribution in [0.25, 0.3) is 0 Å². The molecule has 18 heavy (non-hydrogen) atoms. The number of hydrogen-bond acceptors (Lipinski definition) is 1. The van der Waals surface area contributed by atoms with Gasteiger partial charge in [-0.05, 0) is 48.9 Å². The zero-order valence-electron chi connectivity index (χ0n) is 10.4. The number of nitrogens with one attached hydrogen (secondary N) is 1. The maximum atomic E-state index is 6.19. The third kappa shape index (κ3) is 2.77. The van der Waals surface area contributed by atoms with Gasteiger partial charge in [0.25, 0.3) is 0 Å². The Kier molecular flexibility index (Phi) is 4.44. The molecule has 2 aromatic rings. The minimum absolute atomic E-state index is 0.164. The third-order valence-electron chi connectivity index (χ3n) is 3.11. The van der Waals surface area contributed by atoms with Crippen LogP contribution in [0.2, 0.25) is 5.02 Å². The molecule has 0 aliphatic carbocycles. The van der Waals surface area contributed by atoms with E-state index in [2.05, 4.69) is 58.5 Å². The van der Waals surface area contributed by atoms with Crippen LogP contribution in [-0.4, -0.2) is 7.05 Å². The standard InChI is InChI=1S/C15H15BrClN/c1-10-13(4-3-5-14(10)17)15(18-2)11-6-8-12(16)9-7-11/h3-9,15,18H,1-2H3. The second-order valence-electron chi connectivity index (χ2n) is 4.23. The Balaban J connectivity index is 2.45. The van der Waals surface area contributed by atoms with Gasteiger partial charge >= 0.3 is 0 Å². The minimum atomic E-state index is 0.164. The Morgan fingerprint density at radius 1 is 1.11 bits per heavy atom. The van der Waals surface area contributed by atoms with Crippen molar-refractivity contribution >= 4 is 27.5 Å². The Labute approximate surface area is 121 Å². The van der Waals surface area contributed by atoms with Gasteiger partial charge in [0.15, 0.2) is 0 Å². The van der Waals surface area contributed by atoms with Gasteiger partial charge in [0.2, 0.25) is 0 Å². The Morgan fingerprint density at radius 3 is 2.39 bits per heavy atom. The summed E-state index contributed by atoms with van der Waals surface area (Å²) in [6.07, 6.45) is 0. The molecule has 0 heterocycles. The molecular formula is C15H15BrClN. The summed E-state index contributed by atoms with van der Waals surface area (Å²) < 4.78 is 1.09. The van der Waals surface area contributed by atoms with Crippen LogP contribution < -0.4 is 5.32 Å². The molecule has 2 aromatic carbocycles. The zero-order chi connectivity index (χ0) is 13.1. The van der Waals surface area contributed by atoms with Crippen molar-refractivity contribution in [1.29, 1.82) is 0 Å². The molecule has 3 heteroatoms. The predicted octanol–water partition coefficient (Wildman–Crippen LogP) is 4.72.